The van der Waals surface area contributed by atoms with E-state index in [1.807, 2.05) is 0 Å². The Kier molecular flexibility index (Phi) is 7.58. The van der Waals surface area contributed by atoms with Crippen LogP contribution in [0.1, 0.15) is 13.8 Å². The van der Waals surface area contributed by atoms with E-state index in [-0.39, 0.29) is 17.3 Å². The highest BCUT2D eigenvalue weighted by Gasteiger charge is 2.23. The van der Waals surface area contributed by atoms with Crippen molar-refractivity contribution in [1.82, 2.24) is 4.31 Å². The van der Waals surface area contributed by atoms with Crippen molar-refractivity contribution < 1.29 is 22.3 Å². The molecule has 1 amide bonds. The molecule has 0 fully saturated rings. The van der Waals surface area contributed by atoms with Crippen LogP contribution in [0.15, 0.2) is 47.4 Å². The fourth-order valence-electron chi connectivity index (χ4n) is 2.77. The molecule has 1 N–H and O–H groups in total. The maximum atomic E-state index is 13.2. The number of hydrogen-bond acceptors (Lipinski definition) is 5. The number of nitrogens with zero attached hydrogens (tertiary/aromatic N) is 2. The Balaban J connectivity index is 2.24. The van der Waals surface area contributed by atoms with Gasteiger partial charge in [-0.1, -0.05) is 19.9 Å². The van der Waals surface area contributed by atoms with Crippen LogP contribution >= 0.6 is 0 Å². The van der Waals surface area contributed by atoms with E-state index in [1.54, 1.807) is 45.0 Å². The summed E-state index contributed by atoms with van der Waals surface area (Å²) < 4.78 is 45.4. The standard InChI is InChI=1S/C20H26FN3O4S/c1-5-24(6-2)29(26,27)17-10-11-19(23(3)4)18(13-17)22-20(25)14-28-16-9-7-8-15(21)12-16/h7-13H,5-6,14H2,1-4H3,(H,22,25). The minimum absolute atomic E-state index is 0.0909. The molecule has 0 heterocycles. The van der Waals surface area contributed by atoms with E-state index in [9.17, 15) is 17.6 Å². The van der Waals surface area contributed by atoms with Crippen molar-refractivity contribution in [3.05, 3.63) is 48.3 Å². The molecule has 9 heteroatoms. The molecule has 2 aromatic carbocycles. The molecule has 0 saturated carbocycles. The molecule has 0 aliphatic heterocycles. The number of nitrogens with one attached hydrogen (secondary N) is 1. The van der Waals surface area contributed by atoms with Crippen molar-refractivity contribution in [2.75, 3.05) is 44.0 Å². The van der Waals surface area contributed by atoms with Gasteiger partial charge >= 0.3 is 0 Å². The third kappa shape index (κ3) is 5.68. The van der Waals surface area contributed by atoms with Crippen molar-refractivity contribution in [2.45, 2.75) is 18.7 Å². The second-order valence-corrected chi connectivity index (χ2v) is 8.39. The van der Waals surface area contributed by atoms with Crippen LogP contribution in [-0.4, -0.2) is 52.4 Å². The lowest BCUT2D eigenvalue weighted by atomic mass is 10.2. The third-order valence-corrected chi connectivity index (χ3v) is 6.28. The first-order valence-corrected chi connectivity index (χ1v) is 10.6. The molecule has 0 aliphatic rings. The van der Waals surface area contributed by atoms with Gasteiger partial charge in [0, 0.05) is 33.3 Å². The monoisotopic (exact) mass is 423 g/mol. The summed E-state index contributed by atoms with van der Waals surface area (Å²) in [6.45, 7) is 3.88. The number of ether oxygens (including phenoxy) is 1. The van der Waals surface area contributed by atoms with Gasteiger partial charge in [0.15, 0.2) is 6.61 Å². The van der Waals surface area contributed by atoms with Crippen molar-refractivity contribution >= 4 is 27.3 Å². The van der Waals surface area contributed by atoms with E-state index in [4.69, 9.17) is 4.74 Å². The topological polar surface area (TPSA) is 79.0 Å². The first-order valence-electron chi connectivity index (χ1n) is 9.18. The summed E-state index contributed by atoms with van der Waals surface area (Å²) in [5.74, 6) is -0.729. The highest BCUT2D eigenvalue weighted by Crippen LogP contribution is 2.29. The molecular weight excluding hydrogens is 397 g/mol. The Morgan fingerprint density at radius 1 is 1.10 bits per heavy atom. The van der Waals surface area contributed by atoms with Gasteiger partial charge in [0.1, 0.15) is 11.6 Å². The lowest BCUT2D eigenvalue weighted by Gasteiger charge is -2.22. The average molecular weight is 424 g/mol. The van der Waals surface area contributed by atoms with Gasteiger partial charge in [-0.3, -0.25) is 4.79 Å². The van der Waals surface area contributed by atoms with Gasteiger partial charge < -0.3 is 15.0 Å². The average Bonchev–Trinajstić information content (AvgIpc) is 2.67. The van der Waals surface area contributed by atoms with Gasteiger partial charge in [0.05, 0.1) is 16.3 Å². The Bertz CT molecular complexity index is 960. The quantitative estimate of drug-likeness (QED) is 0.671. The number of hydrogen-bond donors (Lipinski definition) is 1. The molecule has 0 atom stereocenters. The zero-order valence-corrected chi connectivity index (χ0v) is 17.8. The molecule has 0 bridgehead atoms. The molecule has 2 rings (SSSR count). The number of sulfonamides is 1. The molecular formula is C20H26FN3O4S. The van der Waals surface area contributed by atoms with Gasteiger partial charge in [-0.2, -0.15) is 4.31 Å². The highest BCUT2D eigenvalue weighted by molar-refractivity contribution is 7.89. The molecule has 29 heavy (non-hydrogen) atoms. The minimum atomic E-state index is -3.67. The second kappa shape index (κ2) is 9.71. The predicted octanol–water partition coefficient (Wildman–Crippen LogP) is 2.94. The van der Waals surface area contributed by atoms with E-state index < -0.39 is 21.7 Å². The molecule has 0 aromatic heterocycles. The summed E-state index contributed by atoms with van der Waals surface area (Å²) >= 11 is 0. The third-order valence-electron chi connectivity index (χ3n) is 4.23. The molecule has 0 aliphatic carbocycles. The van der Waals surface area contributed by atoms with Crippen LogP contribution < -0.4 is 15.0 Å². The number of anilines is 2. The largest absolute Gasteiger partial charge is 0.484 e. The number of rotatable bonds is 9. The van der Waals surface area contributed by atoms with Crippen molar-refractivity contribution in [2.24, 2.45) is 0 Å². The molecule has 2 aromatic rings. The Morgan fingerprint density at radius 3 is 2.38 bits per heavy atom. The summed E-state index contributed by atoms with van der Waals surface area (Å²) in [7, 11) is -0.102. The van der Waals surface area contributed by atoms with E-state index in [0.717, 1.165) is 0 Å². The number of carbonyl (C=O) groups is 1. The number of halogens is 1. The predicted molar refractivity (Wildman–Crippen MR) is 111 cm³/mol. The smallest absolute Gasteiger partial charge is 0.262 e. The minimum Gasteiger partial charge on any atom is -0.484 e. The van der Waals surface area contributed by atoms with Crippen LogP contribution in [0.5, 0.6) is 5.75 Å². The van der Waals surface area contributed by atoms with Crippen molar-refractivity contribution in [3.63, 3.8) is 0 Å². The zero-order chi connectivity index (χ0) is 21.6. The van der Waals surface area contributed by atoms with Gasteiger partial charge in [-0.05, 0) is 30.3 Å². The van der Waals surface area contributed by atoms with Crippen molar-refractivity contribution in [3.8, 4) is 5.75 Å². The highest BCUT2D eigenvalue weighted by atomic mass is 32.2. The molecule has 158 valence electrons. The van der Waals surface area contributed by atoms with Crippen LogP contribution in [-0.2, 0) is 14.8 Å². The lowest BCUT2D eigenvalue weighted by molar-refractivity contribution is -0.118. The molecule has 0 unspecified atom stereocenters. The van der Waals surface area contributed by atoms with Gasteiger partial charge in [0.25, 0.3) is 5.91 Å². The summed E-state index contributed by atoms with van der Waals surface area (Å²) in [4.78, 5) is 14.2. The van der Waals surface area contributed by atoms with Crippen LogP contribution in [0.3, 0.4) is 0 Å². The normalized spacial score (nSPS) is 11.4. The van der Waals surface area contributed by atoms with Gasteiger partial charge in [-0.15, -0.1) is 0 Å². The van der Waals surface area contributed by atoms with Crippen LogP contribution in [0.25, 0.3) is 0 Å². The SMILES string of the molecule is CCN(CC)S(=O)(=O)c1ccc(N(C)C)c(NC(=O)COc2cccc(F)c2)c1. The molecule has 0 saturated heterocycles. The maximum absolute atomic E-state index is 13.2. The summed E-state index contributed by atoms with van der Waals surface area (Å²) in [5.41, 5.74) is 0.985. The fraction of sp³-hybridized carbons (Fsp3) is 0.350. The Morgan fingerprint density at radius 2 is 1.79 bits per heavy atom. The van der Waals surface area contributed by atoms with E-state index in [2.05, 4.69) is 5.32 Å². The fourth-order valence-corrected chi connectivity index (χ4v) is 4.26. The zero-order valence-electron chi connectivity index (χ0n) is 17.0. The van der Waals surface area contributed by atoms with Gasteiger partial charge in [-0.25, -0.2) is 12.8 Å². The van der Waals surface area contributed by atoms with E-state index in [1.165, 1.54) is 34.6 Å². The van der Waals surface area contributed by atoms with E-state index >= 15 is 0 Å². The van der Waals surface area contributed by atoms with Crippen LogP contribution in [0, 0.1) is 5.82 Å². The maximum Gasteiger partial charge on any atom is 0.262 e. The number of carbonyl (C=O) groups excluding carboxylic acids is 1. The molecule has 0 radical (unpaired) electrons. The number of amides is 1. The summed E-state index contributed by atoms with van der Waals surface area (Å²) in [5, 5.41) is 2.68. The first-order chi connectivity index (χ1) is 13.7. The van der Waals surface area contributed by atoms with Crippen molar-refractivity contribution in [1.29, 1.82) is 0 Å². The lowest BCUT2D eigenvalue weighted by Crippen LogP contribution is -2.31. The van der Waals surface area contributed by atoms with Crippen LogP contribution in [0.4, 0.5) is 15.8 Å². The Labute approximate surface area is 171 Å². The molecule has 7 nitrogen and oxygen atoms in total. The van der Waals surface area contributed by atoms with Gasteiger partial charge in [0.2, 0.25) is 10.0 Å². The second-order valence-electron chi connectivity index (χ2n) is 6.46. The first kappa shape index (κ1) is 22.6. The Hall–Kier alpha value is -2.65. The van der Waals surface area contributed by atoms with Crippen LogP contribution in [0.2, 0.25) is 0 Å². The van der Waals surface area contributed by atoms with E-state index in [0.29, 0.717) is 24.5 Å². The molecule has 0 spiro atoms. The number of benzene rings is 2. The summed E-state index contributed by atoms with van der Waals surface area (Å²) in [6.07, 6.45) is 0. The summed E-state index contributed by atoms with van der Waals surface area (Å²) in [6, 6.07) is 10.1.